The summed E-state index contributed by atoms with van der Waals surface area (Å²) in [5.74, 6) is -2.70. The molecule has 1 saturated heterocycles. The van der Waals surface area contributed by atoms with Gasteiger partial charge in [-0.3, -0.25) is 24.0 Å². The molecule has 2 fully saturated rings. The second kappa shape index (κ2) is 11.9. The van der Waals surface area contributed by atoms with Gasteiger partial charge in [-0.2, -0.15) is 0 Å². The number of fused-ring (bicyclic) bond motifs is 1. The first kappa shape index (κ1) is 26.2. The molecule has 198 valence electrons. The molecule has 2 heterocycles. The zero-order valence-electron chi connectivity index (χ0n) is 20.9. The first-order valence-corrected chi connectivity index (χ1v) is 12.7. The van der Waals surface area contributed by atoms with Gasteiger partial charge in [0, 0.05) is 29.4 Å². The number of hydrogen-bond acceptors (Lipinski definition) is 6. The highest BCUT2D eigenvalue weighted by molar-refractivity contribution is 6.38. The molecular formula is C26H33N5O6. The molecule has 2 aliphatic rings. The van der Waals surface area contributed by atoms with E-state index in [0.29, 0.717) is 18.7 Å². The van der Waals surface area contributed by atoms with Crippen molar-refractivity contribution in [3.05, 3.63) is 30.0 Å². The SMILES string of the molecule is COc1ccc2[nH]c(C(=O)NCC(=O)N[C@@H](C[C@@H]3CCNC3=O)C(=O)C(=O)NC3CCCCC3)cc2c1. The van der Waals surface area contributed by atoms with Crippen molar-refractivity contribution in [3.8, 4) is 5.75 Å². The van der Waals surface area contributed by atoms with Crippen LogP contribution in [0, 0.1) is 5.92 Å². The Bertz CT molecular complexity index is 1190. The molecule has 0 bridgehead atoms. The molecule has 0 radical (unpaired) electrons. The third kappa shape index (κ3) is 6.66. The van der Waals surface area contributed by atoms with Gasteiger partial charge in [0.25, 0.3) is 11.8 Å². The van der Waals surface area contributed by atoms with E-state index in [1.165, 1.54) is 0 Å². The summed E-state index contributed by atoms with van der Waals surface area (Å²) < 4.78 is 5.19. The lowest BCUT2D eigenvalue weighted by Crippen LogP contribution is -2.52. The highest BCUT2D eigenvalue weighted by atomic mass is 16.5. The van der Waals surface area contributed by atoms with Crippen LogP contribution in [0.2, 0.25) is 0 Å². The highest BCUT2D eigenvalue weighted by Gasteiger charge is 2.34. The Morgan fingerprint density at radius 2 is 1.86 bits per heavy atom. The number of nitrogens with one attached hydrogen (secondary N) is 5. The van der Waals surface area contributed by atoms with Crippen molar-refractivity contribution < 1.29 is 28.7 Å². The van der Waals surface area contributed by atoms with Gasteiger partial charge in [-0.25, -0.2) is 0 Å². The number of amides is 4. The van der Waals surface area contributed by atoms with Crippen molar-refractivity contribution in [1.29, 1.82) is 0 Å². The molecule has 11 nitrogen and oxygen atoms in total. The van der Waals surface area contributed by atoms with Gasteiger partial charge < -0.3 is 31.0 Å². The van der Waals surface area contributed by atoms with Gasteiger partial charge in [0.05, 0.1) is 19.7 Å². The van der Waals surface area contributed by atoms with E-state index in [1.807, 2.05) is 0 Å². The standard InChI is InChI=1S/C26H33N5O6/c1-37-18-7-8-19-16(11-18)13-21(30-19)25(35)28-14-22(32)31-20(12-15-9-10-27-24(15)34)23(33)26(36)29-17-5-3-2-4-6-17/h7-8,11,13,15,17,20,30H,2-6,9-10,12,14H2,1H3,(H,27,34)(H,28,35)(H,29,36)(H,31,32)/t15-,20-/m0/s1. The summed E-state index contributed by atoms with van der Waals surface area (Å²) in [4.78, 5) is 66.0. The van der Waals surface area contributed by atoms with Gasteiger partial charge in [0.2, 0.25) is 17.6 Å². The number of rotatable bonds is 10. The molecule has 1 aliphatic heterocycles. The number of ketones is 1. The number of carbonyl (C=O) groups is 5. The molecule has 0 spiro atoms. The summed E-state index contributed by atoms with van der Waals surface area (Å²) in [6.45, 7) is 0.0848. The first-order valence-electron chi connectivity index (χ1n) is 12.7. The molecule has 1 saturated carbocycles. The number of hydrogen-bond donors (Lipinski definition) is 5. The molecule has 2 aromatic rings. The predicted octanol–water partition coefficient (Wildman–Crippen LogP) is 0.935. The fourth-order valence-electron chi connectivity index (χ4n) is 4.91. The molecule has 1 aromatic carbocycles. The number of aromatic nitrogens is 1. The van der Waals surface area contributed by atoms with Crippen molar-refractivity contribution in [3.63, 3.8) is 0 Å². The Labute approximate surface area is 214 Å². The minimum atomic E-state index is -1.16. The summed E-state index contributed by atoms with van der Waals surface area (Å²) in [5.41, 5.74) is 0.998. The molecule has 4 amide bonds. The Kier molecular flexibility index (Phi) is 8.42. The Morgan fingerprint density at radius 3 is 2.57 bits per heavy atom. The van der Waals surface area contributed by atoms with E-state index in [2.05, 4.69) is 26.3 Å². The molecule has 1 aromatic heterocycles. The lowest BCUT2D eigenvalue weighted by atomic mass is 9.93. The van der Waals surface area contributed by atoms with Crippen LogP contribution in [0.3, 0.4) is 0 Å². The van der Waals surface area contributed by atoms with Gasteiger partial charge >= 0.3 is 0 Å². The minimum Gasteiger partial charge on any atom is -0.497 e. The zero-order chi connectivity index (χ0) is 26.4. The van der Waals surface area contributed by atoms with Crippen LogP contribution in [0.1, 0.15) is 55.4 Å². The molecule has 4 rings (SSSR count). The van der Waals surface area contributed by atoms with E-state index in [1.54, 1.807) is 31.4 Å². The summed E-state index contributed by atoms with van der Waals surface area (Å²) in [6, 6.07) is 5.75. The zero-order valence-corrected chi connectivity index (χ0v) is 20.9. The average molecular weight is 512 g/mol. The second-order valence-electron chi connectivity index (χ2n) is 9.62. The van der Waals surface area contributed by atoms with Gasteiger partial charge in [-0.15, -0.1) is 0 Å². The lowest BCUT2D eigenvalue weighted by molar-refractivity contribution is -0.141. The Balaban J connectivity index is 1.36. The van der Waals surface area contributed by atoms with E-state index >= 15 is 0 Å². The van der Waals surface area contributed by atoms with Crippen LogP contribution in [0.25, 0.3) is 10.9 Å². The number of methoxy groups -OCH3 is 1. The summed E-state index contributed by atoms with van der Waals surface area (Å²) in [5, 5.41) is 11.3. The minimum absolute atomic E-state index is 0.0201. The molecule has 5 N–H and O–H groups in total. The van der Waals surface area contributed by atoms with Crippen molar-refractivity contribution in [2.45, 2.75) is 57.0 Å². The number of ether oxygens (including phenoxy) is 1. The topological polar surface area (TPSA) is 158 Å². The van der Waals surface area contributed by atoms with Crippen molar-refractivity contribution in [1.82, 2.24) is 26.3 Å². The fraction of sp³-hybridized carbons (Fsp3) is 0.500. The normalized spacial score (nSPS) is 18.6. The fourth-order valence-corrected chi connectivity index (χ4v) is 4.91. The van der Waals surface area contributed by atoms with Crippen molar-refractivity contribution in [2.24, 2.45) is 5.92 Å². The Hall–Kier alpha value is -3.89. The summed E-state index contributed by atoms with van der Waals surface area (Å²) in [7, 11) is 1.55. The van der Waals surface area contributed by atoms with E-state index in [4.69, 9.17) is 4.74 Å². The molecule has 1 aliphatic carbocycles. The number of benzene rings is 1. The summed E-state index contributed by atoms with van der Waals surface area (Å²) in [6.07, 6.45) is 5.25. The maximum atomic E-state index is 13.0. The smallest absolute Gasteiger partial charge is 0.289 e. The predicted molar refractivity (Wildman–Crippen MR) is 135 cm³/mol. The van der Waals surface area contributed by atoms with E-state index in [-0.39, 0.29) is 24.1 Å². The van der Waals surface area contributed by atoms with Crippen LogP contribution in [-0.2, 0) is 19.2 Å². The van der Waals surface area contributed by atoms with Crippen LogP contribution in [-0.4, -0.2) is 66.7 Å². The van der Waals surface area contributed by atoms with Crippen LogP contribution in [0.5, 0.6) is 5.75 Å². The van der Waals surface area contributed by atoms with Gasteiger partial charge in [0.1, 0.15) is 11.4 Å². The van der Waals surface area contributed by atoms with Crippen LogP contribution >= 0.6 is 0 Å². The van der Waals surface area contributed by atoms with Crippen LogP contribution in [0.15, 0.2) is 24.3 Å². The first-order chi connectivity index (χ1) is 17.8. The van der Waals surface area contributed by atoms with Crippen molar-refractivity contribution in [2.75, 3.05) is 20.2 Å². The van der Waals surface area contributed by atoms with Gasteiger partial charge in [-0.1, -0.05) is 19.3 Å². The second-order valence-corrected chi connectivity index (χ2v) is 9.62. The molecule has 37 heavy (non-hydrogen) atoms. The number of aromatic amines is 1. The maximum absolute atomic E-state index is 13.0. The summed E-state index contributed by atoms with van der Waals surface area (Å²) >= 11 is 0. The Morgan fingerprint density at radius 1 is 1.08 bits per heavy atom. The van der Waals surface area contributed by atoms with Crippen LogP contribution in [0.4, 0.5) is 0 Å². The van der Waals surface area contributed by atoms with E-state index in [9.17, 15) is 24.0 Å². The van der Waals surface area contributed by atoms with E-state index < -0.39 is 42.0 Å². The number of carbonyl (C=O) groups excluding carboxylic acids is 5. The maximum Gasteiger partial charge on any atom is 0.289 e. The highest BCUT2D eigenvalue weighted by Crippen LogP contribution is 2.22. The van der Waals surface area contributed by atoms with E-state index in [0.717, 1.165) is 43.0 Å². The average Bonchev–Trinajstić information content (AvgIpc) is 3.52. The third-order valence-corrected chi connectivity index (χ3v) is 6.98. The lowest BCUT2D eigenvalue weighted by Gasteiger charge is -2.24. The largest absolute Gasteiger partial charge is 0.497 e. The molecular weight excluding hydrogens is 478 g/mol. The molecule has 11 heteroatoms. The third-order valence-electron chi connectivity index (χ3n) is 6.98. The van der Waals surface area contributed by atoms with Crippen LogP contribution < -0.4 is 26.0 Å². The number of Topliss-reactive ketones (excluding diaryl/α,β-unsaturated/α-hetero) is 1. The van der Waals surface area contributed by atoms with Gasteiger partial charge in [-0.05, 0) is 49.9 Å². The van der Waals surface area contributed by atoms with Crippen molar-refractivity contribution >= 4 is 40.3 Å². The molecule has 2 atom stereocenters. The quantitative estimate of drug-likeness (QED) is 0.299. The monoisotopic (exact) mass is 511 g/mol. The number of H-pyrrole nitrogens is 1. The molecule has 0 unspecified atom stereocenters. The van der Waals surface area contributed by atoms with Gasteiger partial charge in [0.15, 0.2) is 0 Å².